The summed E-state index contributed by atoms with van der Waals surface area (Å²) in [6.45, 7) is 0. The predicted octanol–water partition coefficient (Wildman–Crippen LogP) is 6.45. The standard InChI is InChI=1S/C27H27ClO7S/c1-33-24-14-13-23(16-25(24)35-20-6-2-3-7-20)36(31,32)26(17-27(29)30)18-5-4-8-22(15-18)34-21-11-9-19(28)10-12-21/h4-5,8-16,20,26H,2-3,6-7,17H2,1H3,(H,29,30). The van der Waals surface area contributed by atoms with Crippen LogP contribution in [0.3, 0.4) is 0 Å². The van der Waals surface area contributed by atoms with E-state index in [4.69, 9.17) is 25.8 Å². The van der Waals surface area contributed by atoms with E-state index in [1.54, 1.807) is 48.5 Å². The summed E-state index contributed by atoms with van der Waals surface area (Å²) in [7, 11) is -2.62. The van der Waals surface area contributed by atoms with E-state index >= 15 is 0 Å². The number of carboxylic acids is 1. The highest BCUT2D eigenvalue weighted by Crippen LogP contribution is 2.39. The highest BCUT2D eigenvalue weighted by molar-refractivity contribution is 7.91. The van der Waals surface area contributed by atoms with E-state index in [9.17, 15) is 18.3 Å². The first-order valence-electron chi connectivity index (χ1n) is 11.6. The Morgan fingerprint density at radius 2 is 1.72 bits per heavy atom. The Kier molecular flexibility index (Phi) is 8.06. The van der Waals surface area contributed by atoms with E-state index in [1.807, 2.05) is 0 Å². The van der Waals surface area contributed by atoms with Crippen molar-refractivity contribution in [3.8, 4) is 23.0 Å². The molecule has 9 heteroatoms. The van der Waals surface area contributed by atoms with Gasteiger partial charge in [0.1, 0.15) is 16.7 Å². The minimum Gasteiger partial charge on any atom is -0.493 e. The number of hydrogen-bond donors (Lipinski definition) is 1. The lowest BCUT2D eigenvalue weighted by Gasteiger charge is -2.20. The number of benzene rings is 3. The normalized spacial score (nSPS) is 14.8. The van der Waals surface area contributed by atoms with E-state index in [0.29, 0.717) is 33.6 Å². The average Bonchev–Trinajstić information content (AvgIpc) is 3.37. The van der Waals surface area contributed by atoms with E-state index in [2.05, 4.69) is 0 Å². The van der Waals surface area contributed by atoms with Crippen molar-refractivity contribution in [1.29, 1.82) is 0 Å². The third kappa shape index (κ3) is 6.12. The van der Waals surface area contributed by atoms with Crippen molar-refractivity contribution in [3.63, 3.8) is 0 Å². The molecule has 1 fully saturated rings. The molecule has 0 saturated heterocycles. The largest absolute Gasteiger partial charge is 0.493 e. The van der Waals surface area contributed by atoms with E-state index < -0.39 is 27.5 Å². The van der Waals surface area contributed by atoms with Crippen molar-refractivity contribution in [2.45, 2.75) is 48.4 Å². The lowest BCUT2D eigenvalue weighted by Crippen LogP contribution is -2.18. The summed E-state index contributed by atoms with van der Waals surface area (Å²) in [4.78, 5) is 11.7. The van der Waals surface area contributed by atoms with Crippen molar-refractivity contribution in [3.05, 3.63) is 77.3 Å². The van der Waals surface area contributed by atoms with E-state index in [1.165, 1.54) is 25.3 Å². The summed E-state index contributed by atoms with van der Waals surface area (Å²) in [5.74, 6) is 0.412. The van der Waals surface area contributed by atoms with Gasteiger partial charge in [0.15, 0.2) is 21.3 Å². The first kappa shape index (κ1) is 25.9. The molecule has 1 aliphatic carbocycles. The Balaban J connectivity index is 1.68. The molecule has 3 aromatic rings. The molecular formula is C27H27ClO7S. The maximum atomic E-state index is 13.7. The van der Waals surface area contributed by atoms with Gasteiger partial charge in [0.25, 0.3) is 0 Å². The van der Waals surface area contributed by atoms with Crippen molar-refractivity contribution >= 4 is 27.4 Å². The number of sulfone groups is 1. The summed E-state index contributed by atoms with van der Waals surface area (Å²) in [6, 6.07) is 17.5. The summed E-state index contributed by atoms with van der Waals surface area (Å²) in [5, 5.41) is 8.78. The Bertz CT molecular complexity index is 1320. The van der Waals surface area contributed by atoms with Crippen LogP contribution in [0.25, 0.3) is 0 Å². The summed E-state index contributed by atoms with van der Waals surface area (Å²) in [6.07, 6.45) is 3.27. The first-order chi connectivity index (χ1) is 17.3. The number of halogens is 1. The van der Waals surface area contributed by atoms with Gasteiger partial charge in [0.2, 0.25) is 0 Å². The SMILES string of the molecule is COc1ccc(S(=O)(=O)C(CC(=O)O)c2cccc(Oc3ccc(Cl)cc3)c2)cc1OC1CCCC1. The molecule has 0 aliphatic heterocycles. The molecule has 0 spiro atoms. The van der Waals surface area contributed by atoms with Crippen LogP contribution in [0.1, 0.15) is 42.9 Å². The lowest BCUT2D eigenvalue weighted by molar-refractivity contribution is -0.137. The Labute approximate surface area is 215 Å². The molecule has 1 atom stereocenters. The van der Waals surface area contributed by atoms with Crippen molar-refractivity contribution in [1.82, 2.24) is 0 Å². The predicted molar refractivity (Wildman–Crippen MR) is 136 cm³/mol. The molecule has 4 rings (SSSR count). The second kappa shape index (κ2) is 11.2. The maximum absolute atomic E-state index is 13.7. The van der Waals surface area contributed by atoms with Crippen LogP contribution < -0.4 is 14.2 Å². The first-order valence-corrected chi connectivity index (χ1v) is 13.5. The minimum absolute atomic E-state index is 0.00614. The summed E-state index contributed by atoms with van der Waals surface area (Å²) >= 11 is 5.92. The van der Waals surface area contributed by atoms with Crippen molar-refractivity contribution in [2.75, 3.05) is 7.11 Å². The molecule has 1 unspecified atom stereocenters. The van der Waals surface area contributed by atoms with Gasteiger partial charge >= 0.3 is 5.97 Å². The van der Waals surface area contributed by atoms with Crippen LogP contribution >= 0.6 is 11.6 Å². The summed E-state index contributed by atoms with van der Waals surface area (Å²) < 4.78 is 44.8. The van der Waals surface area contributed by atoms with Gasteiger partial charge in [0.05, 0.1) is 24.5 Å². The smallest absolute Gasteiger partial charge is 0.305 e. The van der Waals surface area contributed by atoms with Crippen LogP contribution in [-0.2, 0) is 14.6 Å². The molecule has 0 amide bonds. The van der Waals surface area contributed by atoms with Crippen LogP contribution in [0.4, 0.5) is 0 Å². The number of carbonyl (C=O) groups is 1. The number of rotatable bonds is 10. The molecule has 0 heterocycles. The Morgan fingerprint density at radius 3 is 2.39 bits per heavy atom. The van der Waals surface area contributed by atoms with Gasteiger partial charge in [-0.2, -0.15) is 0 Å². The van der Waals surface area contributed by atoms with Crippen molar-refractivity contribution < 1.29 is 32.5 Å². The minimum atomic E-state index is -4.11. The molecule has 3 aromatic carbocycles. The monoisotopic (exact) mass is 530 g/mol. The van der Waals surface area contributed by atoms with Crippen LogP contribution in [0.2, 0.25) is 5.02 Å². The number of aliphatic carboxylic acids is 1. The van der Waals surface area contributed by atoms with Crippen molar-refractivity contribution in [2.24, 2.45) is 0 Å². The third-order valence-electron chi connectivity index (χ3n) is 6.07. The Hall–Kier alpha value is -3.23. The van der Waals surface area contributed by atoms with Gasteiger partial charge in [-0.25, -0.2) is 8.42 Å². The zero-order chi connectivity index (χ0) is 25.7. The molecule has 1 N–H and O–H groups in total. The molecule has 1 saturated carbocycles. The molecule has 7 nitrogen and oxygen atoms in total. The maximum Gasteiger partial charge on any atom is 0.305 e. The average molecular weight is 531 g/mol. The molecule has 36 heavy (non-hydrogen) atoms. The van der Waals surface area contributed by atoms with Gasteiger partial charge in [-0.1, -0.05) is 23.7 Å². The molecule has 0 aromatic heterocycles. The number of methoxy groups -OCH3 is 1. The fourth-order valence-electron chi connectivity index (χ4n) is 4.26. The van der Waals surface area contributed by atoms with Gasteiger partial charge in [-0.05, 0) is 79.8 Å². The highest BCUT2D eigenvalue weighted by atomic mass is 35.5. The Morgan fingerprint density at radius 1 is 1.00 bits per heavy atom. The van der Waals surface area contributed by atoms with Crippen LogP contribution in [-0.4, -0.2) is 32.7 Å². The van der Waals surface area contributed by atoms with E-state index in [0.717, 1.165) is 25.7 Å². The second-order valence-corrected chi connectivity index (χ2v) is 11.2. The van der Waals surface area contributed by atoms with Gasteiger partial charge < -0.3 is 19.3 Å². The number of hydrogen-bond acceptors (Lipinski definition) is 6. The topological polar surface area (TPSA) is 99.1 Å². The van der Waals surface area contributed by atoms with Gasteiger partial charge in [-0.15, -0.1) is 0 Å². The van der Waals surface area contributed by atoms with E-state index in [-0.39, 0.29) is 11.0 Å². The van der Waals surface area contributed by atoms with Crippen LogP contribution in [0.15, 0.2) is 71.6 Å². The third-order valence-corrected chi connectivity index (χ3v) is 8.42. The molecule has 0 radical (unpaired) electrons. The molecular weight excluding hydrogens is 504 g/mol. The number of ether oxygens (including phenoxy) is 3. The molecule has 1 aliphatic rings. The molecule has 0 bridgehead atoms. The van der Waals surface area contributed by atoms with Crippen LogP contribution in [0.5, 0.6) is 23.0 Å². The quantitative estimate of drug-likeness (QED) is 0.321. The zero-order valence-corrected chi connectivity index (χ0v) is 21.3. The van der Waals surface area contributed by atoms with Gasteiger partial charge in [0, 0.05) is 11.1 Å². The zero-order valence-electron chi connectivity index (χ0n) is 19.7. The number of carboxylic acid groups (broad SMARTS) is 1. The summed E-state index contributed by atoms with van der Waals surface area (Å²) in [5.41, 5.74) is 0.304. The fourth-order valence-corrected chi connectivity index (χ4v) is 6.11. The van der Waals surface area contributed by atoms with Crippen LogP contribution in [0, 0.1) is 0 Å². The second-order valence-electron chi connectivity index (χ2n) is 8.60. The fraction of sp³-hybridized carbons (Fsp3) is 0.296. The lowest BCUT2D eigenvalue weighted by atomic mass is 10.1. The molecule has 190 valence electrons. The van der Waals surface area contributed by atoms with Gasteiger partial charge in [-0.3, -0.25) is 4.79 Å². The highest BCUT2D eigenvalue weighted by Gasteiger charge is 2.33.